The van der Waals surface area contributed by atoms with E-state index in [1.54, 1.807) is 4.68 Å². The zero-order chi connectivity index (χ0) is 15.6. The number of nitrogens with one attached hydrogen (secondary N) is 1. The molecule has 0 saturated carbocycles. The van der Waals surface area contributed by atoms with Crippen molar-refractivity contribution >= 4 is 39.1 Å². The second kappa shape index (κ2) is 7.14. The van der Waals surface area contributed by atoms with Crippen LogP contribution in [0.25, 0.3) is 0 Å². The van der Waals surface area contributed by atoms with Crippen molar-refractivity contribution in [3.8, 4) is 0 Å². The van der Waals surface area contributed by atoms with Crippen LogP contribution >= 0.6 is 39.1 Å². The van der Waals surface area contributed by atoms with Gasteiger partial charge in [0.15, 0.2) is 0 Å². The molecule has 2 rings (SSSR count). The van der Waals surface area contributed by atoms with Crippen molar-refractivity contribution in [3.05, 3.63) is 49.7 Å². The standard InChI is InChI=1S/C15H18BrCl2N3/c1-4-19-14(11-6-5-10(17)7-13(11)16)8-12-9(2)20-21(3)15(12)18/h5-7,14,19H,4,8H2,1-3H3. The Labute approximate surface area is 143 Å². The molecule has 1 atom stereocenters. The first-order valence-corrected chi connectivity index (χ1v) is 8.35. The van der Waals surface area contributed by atoms with E-state index in [4.69, 9.17) is 23.2 Å². The summed E-state index contributed by atoms with van der Waals surface area (Å²) in [5.74, 6) is 0. The quantitative estimate of drug-likeness (QED) is 0.802. The molecule has 1 aromatic heterocycles. The van der Waals surface area contributed by atoms with Crippen LogP contribution in [0.3, 0.4) is 0 Å². The van der Waals surface area contributed by atoms with Crippen molar-refractivity contribution in [3.63, 3.8) is 0 Å². The highest BCUT2D eigenvalue weighted by Crippen LogP contribution is 2.31. The van der Waals surface area contributed by atoms with Crippen molar-refractivity contribution in [2.24, 2.45) is 7.05 Å². The van der Waals surface area contributed by atoms with Crippen LogP contribution in [-0.2, 0) is 13.5 Å². The van der Waals surface area contributed by atoms with Gasteiger partial charge in [0.25, 0.3) is 0 Å². The Morgan fingerprint density at radius 2 is 2.10 bits per heavy atom. The molecule has 0 radical (unpaired) electrons. The van der Waals surface area contributed by atoms with E-state index < -0.39 is 0 Å². The summed E-state index contributed by atoms with van der Waals surface area (Å²) < 4.78 is 2.71. The van der Waals surface area contributed by atoms with Gasteiger partial charge in [-0.2, -0.15) is 5.10 Å². The summed E-state index contributed by atoms with van der Waals surface area (Å²) in [5, 5.41) is 9.29. The lowest BCUT2D eigenvalue weighted by molar-refractivity contribution is 0.547. The number of halogens is 3. The molecule has 21 heavy (non-hydrogen) atoms. The Balaban J connectivity index is 2.35. The van der Waals surface area contributed by atoms with Crippen molar-refractivity contribution in [2.45, 2.75) is 26.3 Å². The fraction of sp³-hybridized carbons (Fsp3) is 0.400. The minimum Gasteiger partial charge on any atom is -0.310 e. The number of hydrogen-bond acceptors (Lipinski definition) is 2. The molecule has 6 heteroatoms. The average molecular weight is 391 g/mol. The lowest BCUT2D eigenvalue weighted by atomic mass is 9.99. The Morgan fingerprint density at radius 1 is 1.38 bits per heavy atom. The molecule has 0 aliphatic heterocycles. The van der Waals surface area contributed by atoms with Gasteiger partial charge in [0, 0.05) is 28.1 Å². The van der Waals surface area contributed by atoms with Crippen LogP contribution in [0.1, 0.15) is 29.8 Å². The lowest BCUT2D eigenvalue weighted by Crippen LogP contribution is -2.23. The highest BCUT2D eigenvalue weighted by atomic mass is 79.9. The summed E-state index contributed by atoms with van der Waals surface area (Å²) in [6, 6.07) is 6.02. The number of hydrogen-bond donors (Lipinski definition) is 1. The molecule has 0 aliphatic rings. The van der Waals surface area contributed by atoms with Crippen LogP contribution in [0, 0.1) is 6.92 Å². The smallest absolute Gasteiger partial charge is 0.130 e. The molecule has 0 bridgehead atoms. The third kappa shape index (κ3) is 3.81. The van der Waals surface area contributed by atoms with Gasteiger partial charge in [-0.25, -0.2) is 0 Å². The predicted molar refractivity (Wildman–Crippen MR) is 92.2 cm³/mol. The monoisotopic (exact) mass is 389 g/mol. The number of aryl methyl sites for hydroxylation is 2. The molecule has 114 valence electrons. The fourth-order valence-corrected chi connectivity index (χ4v) is 3.64. The zero-order valence-electron chi connectivity index (χ0n) is 12.3. The fourth-order valence-electron chi connectivity index (χ4n) is 2.43. The van der Waals surface area contributed by atoms with Crippen LogP contribution in [0.15, 0.2) is 22.7 Å². The van der Waals surface area contributed by atoms with Gasteiger partial charge in [0.2, 0.25) is 0 Å². The van der Waals surface area contributed by atoms with Crippen molar-refractivity contribution < 1.29 is 0 Å². The largest absolute Gasteiger partial charge is 0.310 e. The Hall–Kier alpha value is -0.550. The van der Waals surface area contributed by atoms with Crippen LogP contribution in [0.4, 0.5) is 0 Å². The van der Waals surface area contributed by atoms with E-state index in [9.17, 15) is 0 Å². The Bertz CT molecular complexity index is 640. The third-order valence-corrected chi connectivity index (χ3v) is 4.86. The van der Waals surface area contributed by atoms with Crippen LogP contribution in [-0.4, -0.2) is 16.3 Å². The lowest BCUT2D eigenvalue weighted by Gasteiger charge is -2.20. The van der Waals surface area contributed by atoms with E-state index in [1.165, 1.54) is 5.56 Å². The van der Waals surface area contributed by atoms with Crippen LogP contribution in [0.2, 0.25) is 10.2 Å². The SMILES string of the molecule is CCNC(Cc1c(C)nn(C)c1Cl)c1ccc(Cl)cc1Br. The summed E-state index contributed by atoms with van der Waals surface area (Å²) in [6.07, 6.45) is 0.784. The van der Waals surface area contributed by atoms with Gasteiger partial charge in [0.05, 0.1) is 5.69 Å². The van der Waals surface area contributed by atoms with E-state index in [2.05, 4.69) is 33.3 Å². The average Bonchev–Trinajstić information content (AvgIpc) is 2.65. The summed E-state index contributed by atoms with van der Waals surface area (Å²) in [4.78, 5) is 0. The molecule has 0 fully saturated rings. The number of nitrogens with zero attached hydrogens (tertiary/aromatic N) is 2. The van der Waals surface area contributed by atoms with Gasteiger partial charge in [-0.1, -0.05) is 52.1 Å². The highest BCUT2D eigenvalue weighted by Gasteiger charge is 2.19. The maximum Gasteiger partial charge on any atom is 0.130 e. The third-order valence-electron chi connectivity index (χ3n) is 3.47. The van der Waals surface area contributed by atoms with Crippen LogP contribution < -0.4 is 5.32 Å². The maximum atomic E-state index is 6.35. The van der Waals surface area contributed by atoms with Crippen LogP contribution in [0.5, 0.6) is 0 Å². The number of aromatic nitrogens is 2. The molecule has 0 amide bonds. The highest BCUT2D eigenvalue weighted by molar-refractivity contribution is 9.10. The first kappa shape index (κ1) is 16.8. The number of benzene rings is 1. The summed E-state index contributed by atoms with van der Waals surface area (Å²) in [7, 11) is 1.86. The molecule has 1 N–H and O–H groups in total. The van der Waals surface area contributed by atoms with Gasteiger partial charge in [-0.3, -0.25) is 4.68 Å². The summed E-state index contributed by atoms with van der Waals surface area (Å²) in [5.41, 5.74) is 3.21. The Kier molecular flexibility index (Phi) is 5.72. The van der Waals surface area contributed by atoms with Gasteiger partial charge < -0.3 is 5.32 Å². The number of likely N-dealkylation sites (N-methyl/N-ethyl adjacent to an activating group) is 1. The molecule has 0 saturated heterocycles. The van der Waals surface area contributed by atoms with Gasteiger partial charge in [0.1, 0.15) is 5.15 Å². The van der Waals surface area contributed by atoms with Gasteiger partial charge in [-0.15, -0.1) is 0 Å². The molecule has 1 heterocycles. The minimum absolute atomic E-state index is 0.155. The molecule has 2 aromatic rings. The minimum atomic E-state index is 0.155. The summed E-state index contributed by atoms with van der Waals surface area (Å²) in [6.45, 7) is 4.95. The molecule has 3 nitrogen and oxygen atoms in total. The van der Waals surface area contributed by atoms with Gasteiger partial charge >= 0.3 is 0 Å². The van der Waals surface area contributed by atoms with E-state index in [0.717, 1.165) is 33.7 Å². The summed E-state index contributed by atoms with van der Waals surface area (Å²) >= 11 is 16.0. The second-order valence-corrected chi connectivity index (χ2v) is 6.61. The molecule has 0 aliphatic carbocycles. The Morgan fingerprint density at radius 3 is 2.62 bits per heavy atom. The topological polar surface area (TPSA) is 29.9 Å². The maximum absolute atomic E-state index is 6.35. The first-order valence-electron chi connectivity index (χ1n) is 6.80. The second-order valence-electron chi connectivity index (χ2n) is 4.96. The first-order chi connectivity index (χ1) is 9.93. The van der Waals surface area contributed by atoms with Crippen molar-refractivity contribution in [1.29, 1.82) is 0 Å². The van der Waals surface area contributed by atoms with E-state index in [0.29, 0.717) is 5.15 Å². The number of rotatable bonds is 5. The van der Waals surface area contributed by atoms with E-state index >= 15 is 0 Å². The normalized spacial score (nSPS) is 12.7. The zero-order valence-corrected chi connectivity index (χ0v) is 15.3. The molecule has 0 spiro atoms. The van der Waals surface area contributed by atoms with Crippen molar-refractivity contribution in [1.82, 2.24) is 15.1 Å². The molecular formula is C15H18BrCl2N3. The van der Waals surface area contributed by atoms with Crippen molar-refractivity contribution in [2.75, 3.05) is 6.54 Å². The van der Waals surface area contributed by atoms with E-state index in [-0.39, 0.29) is 6.04 Å². The molecule has 1 unspecified atom stereocenters. The molecule has 1 aromatic carbocycles. The molecular weight excluding hydrogens is 373 g/mol. The van der Waals surface area contributed by atoms with E-state index in [1.807, 2.05) is 32.2 Å². The predicted octanol–water partition coefficient (Wildman–Crippen LogP) is 4.69. The van der Waals surface area contributed by atoms with Gasteiger partial charge in [-0.05, 0) is 37.6 Å².